The minimum Gasteiger partial charge on any atom is -0.474 e. The lowest BCUT2D eigenvalue weighted by Crippen LogP contribution is -2.23. The summed E-state index contributed by atoms with van der Waals surface area (Å²) in [5.41, 5.74) is 11.5. The number of primary amides is 1. The van der Waals surface area contributed by atoms with Crippen LogP contribution in [0.15, 0.2) is 12.3 Å². The van der Waals surface area contributed by atoms with Gasteiger partial charge in [0.05, 0.1) is 11.9 Å². The Balaban J connectivity index is 2.16. The molecule has 5 heteroatoms. The van der Waals surface area contributed by atoms with E-state index < -0.39 is 5.91 Å². The molecule has 4 N–H and O–H groups in total. The second-order valence-corrected chi connectivity index (χ2v) is 4.36. The molecule has 0 aromatic carbocycles. The molecule has 0 saturated heterocycles. The van der Waals surface area contributed by atoms with Crippen molar-refractivity contribution >= 4 is 11.6 Å². The number of nitrogen functional groups attached to an aromatic ring is 1. The number of carbonyl (C=O) groups is 1. The van der Waals surface area contributed by atoms with Gasteiger partial charge < -0.3 is 16.2 Å². The number of amides is 1. The van der Waals surface area contributed by atoms with E-state index in [0.29, 0.717) is 11.6 Å². The molecule has 17 heavy (non-hydrogen) atoms. The monoisotopic (exact) mass is 235 g/mol. The van der Waals surface area contributed by atoms with Crippen molar-refractivity contribution in [1.82, 2.24) is 4.98 Å². The van der Waals surface area contributed by atoms with E-state index in [2.05, 4.69) is 4.98 Å². The molecular formula is C12H17N3O2. The van der Waals surface area contributed by atoms with Crippen LogP contribution in [-0.2, 0) is 0 Å². The third-order valence-electron chi connectivity index (χ3n) is 2.97. The predicted molar refractivity (Wildman–Crippen MR) is 64.7 cm³/mol. The number of rotatable bonds is 3. The molecule has 1 fully saturated rings. The number of hydrogen-bond donors (Lipinski definition) is 2. The van der Waals surface area contributed by atoms with E-state index in [1.807, 2.05) is 0 Å². The summed E-state index contributed by atoms with van der Waals surface area (Å²) >= 11 is 0. The van der Waals surface area contributed by atoms with Gasteiger partial charge in [-0.2, -0.15) is 0 Å². The smallest absolute Gasteiger partial charge is 0.254 e. The van der Waals surface area contributed by atoms with E-state index >= 15 is 0 Å². The second-order valence-electron chi connectivity index (χ2n) is 4.36. The molecule has 0 spiro atoms. The molecular weight excluding hydrogens is 218 g/mol. The third-order valence-corrected chi connectivity index (χ3v) is 2.97. The summed E-state index contributed by atoms with van der Waals surface area (Å²) in [5, 5.41) is 0. The maximum absolute atomic E-state index is 11.3. The first-order valence-corrected chi connectivity index (χ1v) is 5.89. The van der Waals surface area contributed by atoms with Crippen LogP contribution in [0.5, 0.6) is 5.88 Å². The quantitative estimate of drug-likeness (QED) is 0.830. The molecule has 0 bridgehead atoms. The Morgan fingerprint density at radius 2 is 2.06 bits per heavy atom. The van der Waals surface area contributed by atoms with Crippen LogP contribution in [0, 0.1) is 0 Å². The average molecular weight is 235 g/mol. The van der Waals surface area contributed by atoms with Gasteiger partial charge in [-0.25, -0.2) is 4.98 Å². The van der Waals surface area contributed by atoms with Crippen LogP contribution >= 0.6 is 0 Å². The topological polar surface area (TPSA) is 91.2 Å². The van der Waals surface area contributed by atoms with Gasteiger partial charge in [-0.05, 0) is 31.7 Å². The number of nitrogens with zero attached hydrogens (tertiary/aromatic N) is 1. The highest BCUT2D eigenvalue weighted by Gasteiger charge is 2.19. The highest BCUT2D eigenvalue weighted by Crippen LogP contribution is 2.25. The Morgan fingerprint density at radius 3 is 2.71 bits per heavy atom. The van der Waals surface area contributed by atoms with Crippen LogP contribution < -0.4 is 16.2 Å². The molecule has 1 amide bonds. The second kappa shape index (κ2) is 5.03. The van der Waals surface area contributed by atoms with Crippen molar-refractivity contribution in [2.75, 3.05) is 5.73 Å². The van der Waals surface area contributed by atoms with Crippen molar-refractivity contribution in [3.05, 3.63) is 17.8 Å². The molecule has 0 atom stereocenters. The van der Waals surface area contributed by atoms with E-state index in [1.165, 1.54) is 18.7 Å². The molecule has 1 aliphatic rings. The van der Waals surface area contributed by atoms with E-state index in [-0.39, 0.29) is 11.7 Å². The van der Waals surface area contributed by atoms with E-state index in [4.69, 9.17) is 16.2 Å². The van der Waals surface area contributed by atoms with Crippen LogP contribution in [0.3, 0.4) is 0 Å². The molecule has 1 aromatic heterocycles. The largest absolute Gasteiger partial charge is 0.474 e. The molecule has 2 rings (SSSR count). The van der Waals surface area contributed by atoms with Crippen LogP contribution in [0.4, 0.5) is 5.69 Å². The van der Waals surface area contributed by atoms with Gasteiger partial charge >= 0.3 is 0 Å². The molecule has 5 nitrogen and oxygen atoms in total. The van der Waals surface area contributed by atoms with Crippen LogP contribution in [0.2, 0.25) is 0 Å². The van der Waals surface area contributed by atoms with Crippen molar-refractivity contribution in [2.24, 2.45) is 5.73 Å². The summed E-state index contributed by atoms with van der Waals surface area (Å²) in [6.45, 7) is 0. The molecule has 92 valence electrons. The number of pyridine rings is 1. The lowest BCUT2D eigenvalue weighted by atomic mass is 9.98. The summed E-state index contributed by atoms with van der Waals surface area (Å²) in [7, 11) is 0. The van der Waals surface area contributed by atoms with Crippen molar-refractivity contribution in [1.29, 1.82) is 0 Å². The Hall–Kier alpha value is -1.78. The Kier molecular flexibility index (Phi) is 3.46. The highest BCUT2D eigenvalue weighted by atomic mass is 16.5. The fourth-order valence-corrected chi connectivity index (χ4v) is 2.08. The lowest BCUT2D eigenvalue weighted by Gasteiger charge is -2.23. The number of carbonyl (C=O) groups excluding carboxylic acids is 1. The maximum atomic E-state index is 11.3. The minimum atomic E-state index is -0.560. The van der Waals surface area contributed by atoms with E-state index in [9.17, 15) is 4.79 Å². The average Bonchev–Trinajstić information content (AvgIpc) is 2.32. The first-order chi connectivity index (χ1) is 8.16. The predicted octanol–water partition coefficient (Wildman–Crippen LogP) is 1.47. The number of aromatic nitrogens is 1. The molecule has 0 aliphatic heterocycles. The van der Waals surface area contributed by atoms with Crippen LogP contribution in [0.1, 0.15) is 42.5 Å². The van der Waals surface area contributed by atoms with Crippen molar-refractivity contribution in [3.63, 3.8) is 0 Å². The summed E-state index contributed by atoms with van der Waals surface area (Å²) in [5.74, 6) is -0.255. The number of ether oxygens (including phenoxy) is 1. The standard InChI is InChI=1S/C12H17N3O2/c13-8-6-10(11(14)16)12(15-7-8)17-9-4-2-1-3-5-9/h6-7,9H,1-5,13H2,(H2,14,16). The van der Waals surface area contributed by atoms with Crippen molar-refractivity contribution in [2.45, 2.75) is 38.2 Å². The Morgan fingerprint density at radius 1 is 1.35 bits per heavy atom. The molecule has 0 radical (unpaired) electrons. The fraction of sp³-hybridized carbons (Fsp3) is 0.500. The fourth-order valence-electron chi connectivity index (χ4n) is 2.08. The first-order valence-electron chi connectivity index (χ1n) is 5.89. The zero-order chi connectivity index (χ0) is 12.3. The normalized spacial score (nSPS) is 16.7. The summed E-state index contributed by atoms with van der Waals surface area (Å²) in [4.78, 5) is 15.3. The zero-order valence-corrected chi connectivity index (χ0v) is 9.69. The SMILES string of the molecule is NC(=O)c1cc(N)cnc1OC1CCCCC1. The van der Waals surface area contributed by atoms with Crippen LogP contribution in [-0.4, -0.2) is 17.0 Å². The zero-order valence-electron chi connectivity index (χ0n) is 9.69. The minimum absolute atomic E-state index is 0.137. The van der Waals surface area contributed by atoms with Gasteiger partial charge in [0, 0.05) is 0 Å². The van der Waals surface area contributed by atoms with Gasteiger partial charge in [0.15, 0.2) is 0 Å². The van der Waals surface area contributed by atoms with Gasteiger partial charge in [-0.3, -0.25) is 4.79 Å². The Bertz CT molecular complexity index is 414. The summed E-state index contributed by atoms with van der Waals surface area (Å²) < 4.78 is 5.74. The van der Waals surface area contributed by atoms with Crippen molar-refractivity contribution in [3.8, 4) is 5.88 Å². The summed E-state index contributed by atoms with van der Waals surface area (Å²) in [6, 6.07) is 1.51. The van der Waals surface area contributed by atoms with Gasteiger partial charge in [-0.1, -0.05) is 6.42 Å². The molecule has 0 unspecified atom stereocenters. The van der Waals surface area contributed by atoms with Crippen LogP contribution in [0.25, 0.3) is 0 Å². The van der Waals surface area contributed by atoms with Gasteiger partial charge in [0.1, 0.15) is 11.7 Å². The molecule has 1 aliphatic carbocycles. The van der Waals surface area contributed by atoms with Gasteiger partial charge in [-0.15, -0.1) is 0 Å². The highest BCUT2D eigenvalue weighted by molar-refractivity contribution is 5.95. The third kappa shape index (κ3) is 2.87. The van der Waals surface area contributed by atoms with E-state index in [1.54, 1.807) is 0 Å². The van der Waals surface area contributed by atoms with E-state index in [0.717, 1.165) is 25.7 Å². The molecule has 1 aromatic rings. The Labute approximate surface area is 100 Å². The summed E-state index contributed by atoms with van der Waals surface area (Å²) in [6.07, 6.45) is 7.19. The number of nitrogens with two attached hydrogens (primary N) is 2. The van der Waals surface area contributed by atoms with Gasteiger partial charge in [0.25, 0.3) is 5.91 Å². The van der Waals surface area contributed by atoms with Gasteiger partial charge in [0.2, 0.25) is 5.88 Å². The maximum Gasteiger partial charge on any atom is 0.254 e. The molecule has 1 heterocycles. The lowest BCUT2D eigenvalue weighted by molar-refractivity contribution is 0.0985. The molecule has 1 saturated carbocycles. The van der Waals surface area contributed by atoms with Crippen molar-refractivity contribution < 1.29 is 9.53 Å². The first kappa shape index (κ1) is 11.7. The number of anilines is 1. The number of hydrogen-bond acceptors (Lipinski definition) is 4.